The van der Waals surface area contributed by atoms with E-state index in [4.69, 9.17) is 0 Å². The zero-order valence-electron chi connectivity index (χ0n) is 9.34. The Labute approximate surface area is 107 Å². The van der Waals surface area contributed by atoms with Gasteiger partial charge in [0.15, 0.2) is 5.51 Å². The first-order chi connectivity index (χ1) is 8.92. The summed E-state index contributed by atoms with van der Waals surface area (Å²) >= 11 is 1.53. The molecule has 0 unspecified atom stereocenters. The topological polar surface area (TPSA) is 41.6 Å². The number of hydrogen-bond donors (Lipinski definition) is 1. The lowest BCUT2D eigenvalue weighted by Crippen LogP contribution is -1.82. The molecule has 0 aliphatic rings. The molecule has 4 aromatic rings. The van der Waals surface area contributed by atoms with E-state index in [1.54, 1.807) is 0 Å². The van der Waals surface area contributed by atoms with Gasteiger partial charge in [-0.25, -0.2) is 9.97 Å². The molecule has 2 heterocycles. The van der Waals surface area contributed by atoms with E-state index in [1.807, 2.05) is 36.4 Å². The van der Waals surface area contributed by atoms with Crippen LogP contribution in [-0.4, -0.2) is 15.0 Å². The van der Waals surface area contributed by atoms with Crippen LogP contribution in [-0.2, 0) is 0 Å². The quantitative estimate of drug-likeness (QED) is 0.560. The van der Waals surface area contributed by atoms with E-state index in [2.05, 4.69) is 26.5 Å². The Bertz CT molecular complexity index is 811. The Hall–Kier alpha value is -2.20. The summed E-state index contributed by atoms with van der Waals surface area (Å²) in [6, 6.07) is 14.1. The second-order valence-corrected chi connectivity index (χ2v) is 4.89. The van der Waals surface area contributed by atoms with Crippen molar-refractivity contribution >= 4 is 32.6 Å². The van der Waals surface area contributed by atoms with Crippen molar-refractivity contribution in [1.29, 1.82) is 0 Å². The van der Waals surface area contributed by atoms with Gasteiger partial charge in [-0.3, -0.25) is 0 Å². The smallest absolute Gasteiger partial charge is 0.153 e. The monoisotopic (exact) mass is 250 g/mol. The number of thiazole rings is 1. The molecule has 1 N–H and O–H groups in total. The lowest BCUT2D eigenvalue weighted by Gasteiger charge is -1.97. The fourth-order valence-corrected chi connectivity index (χ4v) is 2.74. The standard InChI is InChI=1S/C14H8N3S/c1-2-6-11-10(5-1)16-14(17-11)9-4-3-7-12-13(9)15-8-18-12/h1-7H,(H,16,17). The van der Waals surface area contributed by atoms with Crippen LogP contribution in [0.25, 0.3) is 32.6 Å². The van der Waals surface area contributed by atoms with Crippen molar-refractivity contribution < 1.29 is 0 Å². The summed E-state index contributed by atoms with van der Waals surface area (Å²) in [6.45, 7) is 0. The summed E-state index contributed by atoms with van der Waals surface area (Å²) in [5, 5.41) is 0. The molecule has 4 rings (SSSR count). The minimum Gasteiger partial charge on any atom is -0.338 e. The van der Waals surface area contributed by atoms with E-state index in [-0.39, 0.29) is 0 Å². The molecule has 1 radical (unpaired) electrons. The molecule has 0 saturated heterocycles. The molecule has 2 aromatic heterocycles. The van der Waals surface area contributed by atoms with Crippen molar-refractivity contribution in [3.8, 4) is 11.4 Å². The number of benzene rings is 2. The van der Waals surface area contributed by atoms with Crippen molar-refractivity contribution in [3.05, 3.63) is 48.0 Å². The highest BCUT2D eigenvalue weighted by Crippen LogP contribution is 2.28. The van der Waals surface area contributed by atoms with Gasteiger partial charge in [-0.05, 0) is 24.3 Å². The molecular formula is C14H8N3S. The molecule has 0 saturated carbocycles. The zero-order chi connectivity index (χ0) is 11.9. The number of H-pyrrole nitrogens is 1. The molecule has 0 aliphatic carbocycles. The molecule has 0 bridgehead atoms. The minimum atomic E-state index is 0.862. The number of rotatable bonds is 1. The summed E-state index contributed by atoms with van der Waals surface area (Å²) in [5.74, 6) is 0.862. The number of aromatic nitrogens is 3. The van der Waals surface area contributed by atoms with Crippen LogP contribution in [0.2, 0.25) is 0 Å². The van der Waals surface area contributed by atoms with Gasteiger partial charge in [-0.2, -0.15) is 0 Å². The van der Waals surface area contributed by atoms with Crippen molar-refractivity contribution in [2.75, 3.05) is 0 Å². The summed E-state index contributed by atoms with van der Waals surface area (Å²) in [6.07, 6.45) is 0. The fraction of sp³-hybridized carbons (Fsp3) is 0. The van der Waals surface area contributed by atoms with Gasteiger partial charge in [0.05, 0.1) is 21.3 Å². The lowest BCUT2D eigenvalue weighted by atomic mass is 10.2. The van der Waals surface area contributed by atoms with E-state index in [1.165, 1.54) is 11.3 Å². The van der Waals surface area contributed by atoms with Gasteiger partial charge < -0.3 is 4.98 Å². The van der Waals surface area contributed by atoms with Crippen LogP contribution in [0, 0.1) is 5.51 Å². The molecule has 85 valence electrons. The second-order valence-electron chi connectivity index (χ2n) is 4.06. The fourth-order valence-electron chi connectivity index (χ4n) is 2.11. The molecule has 18 heavy (non-hydrogen) atoms. The van der Waals surface area contributed by atoms with Gasteiger partial charge in [0.1, 0.15) is 5.82 Å². The maximum Gasteiger partial charge on any atom is 0.153 e. The van der Waals surface area contributed by atoms with Crippen molar-refractivity contribution in [2.24, 2.45) is 0 Å². The maximum absolute atomic E-state index is 4.61. The largest absolute Gasteiger partial charge is 0.338 e. The van der Waals surface area contributed by atoms with E-state index >= 15 is 0 Å². The lowest BCUT2D eigenvalue weighted by molar-refractivity contribution is 1.33. The molecule has 3 nitrogen and oxygen atoms in total. The summed E-state index contributed by atoms with van der Waals surface area (Å²) in [4.78, 5) is 12.2. The van der Waals surface area contributed by atoms with Gasteiger partial charge in [0, 0.05) is 5.56 Å². The molecule has 0 amide bonds. The van der Waals surface area contributed by atoms with Crippen molar-refractivity contribution in [1.82, 2.24) is 15.0 Å². The molecular weight excluding hydrogens is 242 g/mol. The number of nitrogens with zero attached hydrogens (tertiary/aromatic N) is 2. The first kappa shape index (κ1) is 9.79. The number of fused-ring (bicyclic) bond motifs is 2. The Morgan fingerprint density at radius 1 is 1.06 bits per heavy atom. The van der Waals surface area contributed by atoms with Crippen molar-refractivity contribution in [2.45, 2.75) is 0 Å². The Morgan fingerprint density at radius 2 is 2.00 bits per heavy atom. The number of hydrogen-bond acceptors (Lipinski definition) is 3. The molecule has 4 heteroatoms. The highest BCUT2D eigenvalue weighted by Gasteiger charge is 2.10. The number of para-hydroxylation sites is 3. The highest BCUT2D eigenvalue weighted by molar-refractivity contribution is 7.16. The Kier molecular flexibility index (Phi) is 1.98. The van der Waals surface area contributed by atoms with Gasteiger partial charge >= 0.3 is 0 Å². The molecule has 2 aromatic carbocycles. The molecule has 0 aliphatic heterocycles. The molecule has 0 atom stereocenters. The predicted molar refractivity (Wildman–Crippen MR) is 73.5 cm³/mol. The SMILES string of the molecule is [c]1nc2c(-c3nc4ccccc4[nH]3)cccc2s1. The van der Waals surface area contributed by atoms with Gasteiger partial charge in [0.2, 0.25) is 0 Å². The van der Waals surface area contributed by atoms with E-state index < -0.39 is 0 Å². The second kappa shape index (κ2) is 3.65. The summed E-state index contributed by atoms with van der Waals surface area (Å²) < 4.78 is 1.13. The maximum atomic E-state index is 4.61. The van der Waals surface area contributed by atoms with E-state index in [0.29, 0.717) is 0 Å². The van der Waals surface area contributed by atoms with Gasteiger partial charge in [-0.1, -0.05) is 18.2 Å². The van der Waals surface area contributed by atoms with Crippen LogP contribution in [0.4, 0.5) is 0 Å². The Morgan fingerprint density at radius 3 is 2.94 bits per heavy atom. The third kappa shape index (κ3) is 1.36. The van der Waals surface area contributed by atoms with Crippen LogP contribution >= 0.6 is 11.3 Å². The first-order valence-electron chi connectivity index (χ1n) is 5.62. The number of imidazole rings is 1. The van der Waals surface area contributed by atoms with Crippen LogP contribution in [0.5, 0.6) is 0 Å². The first-order valence-corrected chi connectivity index (χ1v) is 6.44. The van der Waals surface area contributed by atoms with E-state index in [0.717, 1.165) is 32.6 Å². The van der Waals surface area contributed by atoms with Crippen LogP contribution in [0.15, 0.2) is 42.5 Å². The predicted octanol–water partition coefficient (Wildman–Crippen LogP) is 3.64. The molecule has 0 fully saturated rings. The average Bonchev–Trinajstić information content (AvgIpc) is 3.04. The van der Waals surface area contributed by atoms with Crippen LogP contribution in [0.1, 0.15) is 0 Å². The molecule has 0 spiro atoms. The highest BCUT2D eigenvalue weighted by atomic mass is 32.1. The van der Waals surface area contributed by atoms with E-state index in [9.17, 15) is 0 Å². The third-order valence-corrected chi connectivity index (χ3v) is 3.69. The van der Waals surface area contributed by atoms with Crippen LogP contribution < -0.4 is 0 Å². The minimum absolute atomic E-state index is 0.862. The van der Waals surface area contributed by atoms with Crippen molar-refractivity contribution in [3.63, 3.8) is 0 Å². The summed E-state index contributed by atoms with van der Waals surface area (Å²) in [7, 11) is 0. The van der Waals surface area contributed by atoms with Crippen LogP contribution in [0.3, 0.4) is 0 Å². The zero-order valence-corrected chi connectivity index (χ0v) is 10.2. The average molecular weight is 250 g/mol. The third-order valence-electron chi connectivity index (χ3n) is 2.96. The normalized spacial score (nSPS) is 11.3. The summed E-state index contributed by atoms with van der Waals surface area (Å²) in [5.41, 5.74) is 6.94. The number of nitrogens with one attached hydrogen (secondary N) is 1. The van der Waals surface area contributed by atoms with Gasteiger partial charge in [-0.15, -0.1) is 11.3 Å². The number of aromatic amines is 1. The van der Waals surface area contributed by atoms with Gasteiger partial charge in [0.25, 0.3) is 0 Å². The Balaban J connectivity index is 2.04.